The molecule has 1 saturated heterocycles. The largest absolute Gasteiger partial charge is 0.466 e. The van der Waals surface area contributed by atoms with Gasteiger partial charge in [-0.2, -0.15) is 0 Å². The average Bonchev–Trinajstić information content (AvgIpc) is 2.99. The fraction of sp³-hybridized carbons (Fsp3) is 0.909. The predicted molar refractivity (Wildman–Crippen MR) is 51.8 cm³/mol. The Bertz CT molecular complexity index is 209. The molecule has 2 atom stereocenters. The SMILES string of the molecule is CCOC(=O)C1CC1C1CCOCC1. The number of esters is 1. The van der Waals surface area contributed by atoms with Crippen LogP contribution >= 0.6 is 0 Å². The molecule has 0 aromatic carbocycles. The maximum Gasteiger partial charge on any atom is 0.309 e. The number of rotatable bonds is 3. The van der Waals surface area contributed by atoms with Gasteiger partial charge in [0.25, 0.3) is 0 Å². The van der Waals surface area contributed by atoms with Gasteiger partial charge in [0.15, 0.2) is 0 Å². The second kappa shape index (κ2) is 4.30. The first-order chi connectivity index (χ1) is 6.83. The average molecular weight is 198 g/mol. The van der Waals surface area contributed by atoms with Gasteiger partial charge in [0.1, 0.15) is 0 Å². The van der Waals surface area contributed by atoms with Crippen molar-refractivity contribution in [2.24, 2.45) is 17.8 Å². The van der Waals surface area contributed by atoms with Crippen molar-refractivity contribution in [3.8, 4) is 0 Å². The minimum atomic E-state index is 0.0176. The fourth-order valence-electron chi connectivity index (χ4n) is 2.40. The van der Waals surface area contributed by atoms with Crippen molar-refractivity contribution >= 4 is 5.97 Å². The van der Waals surface area contributed by atoms with Crippen LogP contribution in [0.4, 0.5) is 0 Å². The molecule has 80 valence electrons. The third-order valence-electron chi connectivity index (χ3n) is 3.30. The first kappa shape index (κ1) is 9.97. The summed E-state index contributed by atoms with van der Waals surface area (Å²) in [5.74, 6) is 1.53. The number of hydrogen-bond donors (Lipinski definition) is 0. The monoisotopic (exact) mass is 198 g/mol. The topological polar surface area (TPSA) is 35.5 Å². The molecule has 2 rings (SSSR count). The Hall–Kier alpha value is -0.570. The van der Waals surface area contributed by atoms with Crippen molar-refractivity contribution in [1.82, 2.24) is 0 Å². The van der Waals surface area contributed by atoms with E-state index in [0.717, 1.165) is 32.5 Å². The number of hydrogen-bond acceptors (Lipinski definition) is 3. The molecule has 1 heterocycles. The minimum Gasteiger partial charge on any atom is -0.466 e. The predicted octanol–water partition coefficient (Wildman–Crippen LogP) is 1.61. The van der Waals surface area contributed by atoms with Crippen LogP contribution < -0.4 is 0 Å². The number of carbonyl (C=O) groups excluding carboxylic acids is 1. The van der Waals surface area contributed by atoms with Crippen LogP contribution in [-0.4, -0.2) is 25.8 Å². The van der Waals surface area contributed by atoms with Crippen molar-refractivity contribution in [2.45, 2.75) is 26.2 Å². The number of ether oxygens (including phenoxy) is 2. The van der Waals surface area contributed by atoms with Crippen molar-refractivity contribution in [3.05, 3.63) is 0 Å². The van der Waals surface area contributed by atoms with E-state index in [2.05, 4.69) is 0 Å². The van der Waals surface area contributed by atoms with Gasteiger partial charge in [-0.3, -0.25) is 4.79 Å². The van der Waals surface area contributed by atoms with Gasteiger partial charge in [0.2, 0.25) is 0 Å². The van der Waals surface area contributed by atoms with E-state index in [1.165, 1.54) is 0 Å². The summed E-state index contributed by atoms with van der Waals surface area (Å²) in [5, 5.41) is 0. The van der Waals surface area contributed by atoms with Crippen molar-refractivity contribution in [2.75, 3.05) is 19.8 Å². The summed E-state index contributed by atoms with van der Waals surface area (Å²) in [5.41, 5.74) is 0. The highest BCUT2D eigenvalue weighted by atomic mass is 16.5. The molecule has 3 heteroatoms. The summed E-state index contributed by atoms with van der Waals surface area (Å²) >= 11 is 0. The van der Waals surface area contributed by atoms with E-state index in [-0.39, 0.29) is 11.9 Å². The lowest BCUT2D eigenvalue weighted by Crippen LogP contribution is -2.19. The van der Waals surface area contributed by atoms with Gasteiger partial charge in [-0.15, -0.1) is 0 Å². The Kier molecular flexibility index (Phi) is 3.06. The zero-order valence-electron chi connectivity index (χ0n) is 8.70. The Morgan fingerprint density at radius 1 is 1.43 bits per heavy atom. The molecule has 2 fully saturated rings. The van der Waals surface area contributed by atoms with E-state index >= 15 is 0 Å². The van der Waals surface area contributed by atoms with Crippen LogP contribution in [0.5, 0.6) is 0 Å². The fourth-order valence-corrected chi connectivity index (χ4v) is 2.40. The molecule has 0 radical (unpaired) electrons. The third kappa shape index (κ3) is 2.08. The van der Waals surface area contributed by atoms with Crippen molar-refractivity contribution < 1.29 is 14.3 Å². The van der Waals surface area contributed by atoms with Crippen LogP contribution in [0, 0.1) is 17.8 Å². The highest BCUT2D eigenvalue weighted by Crippen LogP contribution is 2.48. The van der Waals surface area contributed by atoms with E-state index in [1.807, 2.05) is 6.92 Å². The standard InChI is InChI=1S/C11H18O3/c1-2-14-11(12)10-7-9(10)8-3-5-13-6-4-8/h8-10H,2-7H2,1H3. The molecule has 1 aliphatic heterocycles. The molecule has 0 spiro atoms. The van der Waals surface area contributed by atoms with Gasteiger partial charge in [0.05, 0.1) is 12.5 Å². The second-order valence-electron chi connectivity index (χ2n) is 4.21. The van der Waals surface area contributed by atoms with Gasteiger partial charge >= 0.3 is 5.97 Å². The summed E-state index contributed by atoms with van der Waals surface area (Å²) in [6.45, 7) is 4.12. The van der Waals surface area contributed by atoms with Crippen LogP contribution in [0.2, 0.25) is 0 Å². The normalized spacial score (nSPS) is 32.6. The highest BCUT2D eigenvalue weighted by Gasteiger charge is 2.48. The Morgan fingerprint density at radius 2 is 2.14 bits per heavy atom. The molecule has 1 aliphatic carbocycles. The zero-order chi connectivity index (χ0) is 9.97. The summed E-state index contributed by atoms with van der Waals surface area (Å²) in [6, 6.07) is 0. The molecule has 0 amide bonds. The quantitative estimate of drug-likeness (QED) is 0.646. The molecule has 0 aromatic heterocycles. The minimum absolute atomic E-state index is 0.0176. The van der Waals surface area contributed by atoms with Crippen molar-refractivity contribution in [1.29, 1.82) is 0 Å². The van der Waals surface area contributed by atoms with Crippen LogP contribution in [0.3, 0.4) is 0 Å². The summed E-state index contributed by atoms with van der Waals surface area (Å²) in [4.78, 5) is 11.4. The maximum absolute atomic E-state index is 11.4. The molecule has 0 bridgehead atoms. The third-order valence-corrected chi connectivity index (χ3v) is 3.30. The van der Waals surface area contributed by atoms with Gasteiger partial charge in [-0.25, -0.2) is 0 Å². The number of carbonyl (C=O) groups is 1. The Morgan fingerprint density at radius 3 is 2.79 bits per heavy atom. The van der Waals surface area contributed by atoms with Crippen molar-refractivity contribution in [3.63, 3.8) is 0 Å². The van der Waals surface area contributed by atoms with E-state index in [1.54, 1.807) is 0 Å². The molecule has 1 saturated carbocycles. The van der Waals surface area contributed by atoms with Crippen LogP contribution in [-0.2, 0) is 14.3 Å². The van der Waals surface area contributed by atoms with Crippen LogP contribution in [0.25, 0.3) is 0 Å². The Balaban J connectivity index is 1.77. The van der Waals surface area contributed by atoms with Gasteiger partial charge in [-0.1, -0.05) is 0 Å². The molecule has 0 N–H and O–H groups in total. The van der Waals surface area contributed by atoms with Crippen LogP contribution in [0.1, 0.15) is 26.2 Å². The highest BCUT2D eigenvalue weighted by molar-refractivity contribution is 5.75. The molecule has 3 nitrogen and oxygen atoms in total. The van der Waals surface area contributed by atoms with Gasteiger partial charge in [-0.05, 0) is 38.0 Å². The molecular weight excluding hydrogens is 180 g/mol. The molecule has 14 heavy (non-hydrogen) atoms. The summed E-state index contributed by atoms with van der Waals surface area (Å²) < 4.78 is 10.3. The zero-order valence-corrected chi connectivity index (χ0v) is 8.70. The van der Waals surface area contributed by atoms with E-state index in [4.69, 9.17) is 9.47 Å². The summed E-state index contributed by atoms with van der Waals surface area (Å²) in [7, 11) is 0. The smallest absolute Gasteiger partial charge is 0.309 e. The van der Waals surface area contributed by atoms with Crippen LogP contribution in [0.15, 0.2) is 0 Å². The lowest BCUT2D eigenvalue weighted by atomic mass is 9.94. The maximum atomic E-state index is 11.4. The van der Waals surface area contributed by atoms with Gasteiger partial charge in [0, 0.05) is 13.2 Å². The van der Waals surface area contributed by atoms with E-state index in [0.29, 0.717) is 18.4 Å². The first-order valence-corrected chi connectivity index (χ1v) is 5.57. The first-order valence-electron chi connectivity index (χ1n) is 5.57. The van der Waals surface area contributed by atoms with E-state index < -0.39 is 0 Å². The van der Waals surface area contributed by atoms with Gasteiger partial charge < -0.3 is 9.47 Å². The molecular formula is C11H18O3. The molecule has 0 aromatic rings. The lowest BCUT2D eigenvalue weighted by molar-refractivity contribution is -0.145. The molecule has 2 unspecified atom stereocenters. The lowest BCUT2D eigenvalue weighted by Gasteiger charge is -2.21. The molecule has 2 aliphatic rings. The Labute approximate surface area is 84.8 Å². The summed E-state index contributed by atoms with van der Waals surface area (Å²) in [6.07, 6.45) is 3.30. The van der Waals surface area contributed by atoms with E-state index in [9.17, 15) is 4.79 Å². The second-order valence-corrected chi connectivity index (χ2v) is 4.21.